The molecule has 0 spiro atoms. The molecule has 4 rings (SSSR count). The van der Waals surface area contributed by atoms with E-state index in [4.69, 9.17) is 4.74 Å². The molecule has 5 unspecified atom stereocenters. The third kappa shape index (κ3) is 4.77. The Morgan fingerprint density at radius 3 is 2.72 bits per heavy atom. The number of hydrogen-bond donors (Lipinski definition) is 3. The predicted molar refractivity (Wildman–Crippen MR) is 121 cm³/mol. The van der Waals surface area contributed by atoms with Crippen molar-refractivity contribution < 1.29 is 28.8 Å². The summed E-state index contributed by atoms with van der Waals surface area (Å²) in [5.41, 5.74) is 3.75. The van der Waals surface area contributed by atoms with Crippen molar-refractivity contribution in [1.29, 1.82) is 0 Å². The summed E-state index contributed by atoms with van der Waals surface area (Å²) in [7, 11) is 0. The summed E-state index contributed by atoms with van der Waals surface area (Å²) in [6.07, 6.45) is 0.838. The van der Waals surface area contributed by atoms with Crippen LogP contribution in [0.15, 0.2) is 60.5 Å². The molecule has 1 aromatic heterocycles. The fraction of sp³-hybridized carbons (Fsp3) is 0.360. The van der Waals surface area contributed by atoms with E-state index in [-0.39, 0.29) is 5.83 Å². The van der Waals surface area contributed by atoms with E-state index in [1.807, 2.05) is 37.3 Å². The second kappa shape index (κ2) is 9.77. The van der Waals surface area contributed by atoms with Crippen LogP contribution < -0.4 is 0 Å². The first-order valence-corrected chi connectivity index (χ1v) is 11.4. The summed E-state index contributed by atoms with van der Waals surface area (Å²) < 4.78 is 33.1. The number of thiophene rings is 1. The summed E-state index contributed by atoms with van der Waals surface area (Å²) >= 11 is 1.64. The molecule has 7 heteroatoms. The van der Waals surface area contributed by atoms with Crippen LogP contribution in [0.25, 0.3) is 5.57 Å². The Hall–Kier alpha value is -2.16. The van der Waals surface area contributed by atoms with E-state index in [2.05, 4.69) is 0 Å². The highest BCUT2D eigenvalue weighted by Crippen LogP contribution is 2.35. The molecule has 0 bridgehead atoms. The number of ether oxygens (including phenoxy) is 1. The van der Waals surface area contributed by atoms with Crippen molar-refractivity contribution in [3.63, 3.8) is 0 Å². The number of aryl methyl sites for hydroxylation is 1. The number of benzene rings is 1. The number of allylic oxidation sites excluding steroid dienone is 6. The van der Waals surface area contributed by atoms with Crippen LogP contribution >= 0.6 is 11.3 Å². The third-order valence-electron chi connectivity index (χ3n) is 5.95. The zero-order chi connectivity index (χ0) is 22.8. The van der Waals surface area contributed by atoms with Gasteiger partial charge in [0.25, 0.3) is 0 Å². The molecular weight excluding hydrogens is 434 g/mol. The molecule has 1 aliphatic carbocycles. The van der Waals surface area contributed by atoms with Gasteiger partial charge in [-0.05, 0) is 59.9 Å². The van der Waals surface area contributed by atoms with Crippen molar-refractivity contribution in [2.45, 2.75) is 50.4 Å². The van der Waals surface area contributed by atoms with E-state index in [1.54, 1.807) is 23.5 Å². The molecule has 1 fully saturated rings. The molecule has 2 aliphatic rings. The summed E-state index contributed by atoms with van der Waals surface area (Å²) in [6.45, 7) is 1.41. The minimum Gasteiger partial charge on any atom is -0.394 e. The van der Waals surface area contributed by atoms with Crippen molar-refractivity contribution in [1.82, 2.24) is 0 Å². The standard InChI is InChI=1S/C25H26F2O4S/c1-14-5-6-16(25-24(30)23(29)22(27)20(13-28)31-25)11-17(14)12-19-9-10-21(32-19)15-3-2-4-18(26)8-7-15/h2,4-11,20,22-25,28-30H,3,12-13H2,1H3. The second-order valence-corrected chi connectivity index (χ2v) is 9.35. The van der Waals surface area contributed by atoms with Gasteiger partial charge in [-0.25, -0.2) is 8.78 Å². The predicted octanol–water partition coefficient (Wildman–Crippen LogP) is 4.34. The minimum absolute atomic E-state index is 0.260. The average molecular weight is 461 g/mol. The molecule has 4 nitrogen and oxygen atoms in total. The van der Waals surface area contributed by atoms with Gasteiger partial charge in [0.2, 0.25) is 0 Å². The van der Waals surface area contributed by atoms with Crippen LogP contribution in [0, 0.1) is 6.92 Å². The van der Waals surface area contributed by atoms with E-state index in [0.717, 1.165) is 26.5 Å². The van der Waals surface area contributed by atoms with Gasteiger partial charge in [0, 0.05) is 16.2 Å². The monoisotopic (exact) mass is 460 g/mol. The van der Waals surface area contributed by atoms with Crippen LogP contribution in [0.5, 0.6) is 0 Å². The third-order valence-corrected chi connectivity index (χ3v) is 7.11. The SMILES string of the molecule is Cc1ccc(C2OC(CO)C(F)C(O)C2O)cc1Cc1ccc(C2=CC=C(F)C=CC2)s1. The van der Waals surface area contributed by atoms with Gasteiger partial charge in [-0.2, -0.15) is 0 Å². The van der Waals surface area contributed by atoms with Gasteiger partial charge in [-0.1, -0.05) is 30.4 Å². The summed E-state index contributed by atoms with van der Waals surface area (Å²) in [4.78, 5) is 2.21. The molecule has 0 amide bonds. The summed E-state index contributed by atoms with van der Waals surface area (Å²) in [6, 6.07) is 9.67. The maximum absolute atomic E-state index is 14.1. The lowest BCUT2D eigenvalue weighted by Gasteiger charge is -2.39. The van der Waals surface area contributed by atoms with Crippen molar-refractivity contribution in [2.24, 2.45) is 0 Å². The maximum atomic E-state index is 14.1. The average Bonchev–Trinajstić information content (AvgIpc) is 3.14. The normalized spacial score (nSPS) is 28.2. The number of aliphatic hydroxyl groups excluding tert-OH is 3. The molecule has 1 aromatic carbocycles. The van der Waals surface area contributed by atoms with Crippen molar-refractivity contribution in [3.05, 3.63) is 86.9 Å². The lowest BCUT2D eigenvalue weighted by molar-refractivity contribution is -0.214. The van der Waals surface area contributed by atoms with Crippen LogP contribution in [0.4, 0.5) is 8.78 Å². The van der Waals surface area contributed by atoms with Crippen LogP contribution in [-0.2, 0) is 11.2 Å². The zero-order valence-corrected chi connectivity index (χ0v) is 18.4. The van der Waals surface area contributed by atoms with E-state index < -0.39 is 37.2 Å². The second-order valence-electron chi connectivity index (χ2n) is 8.18. The molecule has 1 aliphatic heterocycles. The molecule has 2 aromatic rings. The largest absolute Gasteiger partial charge is 0.394 e. The van der Waals surface area contributed by atoms with Crippen LogP contribution in [-0.4, -0.2) is 46.4 Å². The highest BCUT2D eigenvalue weighted by Gasteiger charge is 2.45. The molecule has 170 valence electrons. The van der Waals surface area contributed by atoms with Crippen LogP contribution in [0.2, 0.25) is 0 Å². The van der Waals surface area contributed by atoms with E-state index in [1.165, 1.54) is 12.2 Å². The van der Waals surface area contributed by atoms with E-state index in [9.17, 15) is 24.1 Å². The molecule has 3 N–H and O–H groups in total. The van der Waals surface area contributed by atoms with Crippen LogP contribution in [0.1, 0.15) is 39.0 Å². The van der Waals surface area contributed by atoms with Crippen molar-refractivity contribution in [3.8, 4) is 0 Å². The Labute approximate surface area is 189 Å². The van der Waals surface area contributed by atoms with Gasteiger partial charge in [-0.15, -0.1) is 11.3 Å². The number of aliphatic hydroxyl groups is 3. The lowest BCUT2D eigenvalue weighted by Crippen LogP contribution is -2.53. The molecule has 2 heterocycles. The van der Waals surface area contributed by atoms with E-state index >= 15 is 0 Å². The van der Waals surface area contributed by atoms with Gasteiger partial charge >= 0.3 is 0 Å². The Bertz CT molecular complexity index is 1060. The number of rotatable bonds is 5. The first kappa shape index (κ1) is 23.0. The molecule has 0 radical (unpaired) electrons. The molecule has 5 atom stereocenters. The number of alkyl halides is 1. The van der Waals surface area contributed by atoms with Crippen molar-refractivity contribution >= 4 is 16.9 Å². The smallest absolute Gasteiger partial charge is 0.157 e. The van der Waals surface area contributed by atoms with Crippen molar-refractivity contribution in [2.75, 3.05) is 6.61 Å². The zero-order valence-electron chi connectivity index (χ0n) is 17.6. The quantitative estimate of drug-likeness (QED) is 0.621. The molecule has 0 saturated carbocycles. The summed E-state index contributed by atoms with van der Waals surface area (Å²) in [5, 5.41) is 29.8. The van der Waals surface area contributed by atoms with Gasteiger partial charge in [0.05, 0.1) is 6.61 Å². The Morgan fingerprint density at radius 1 is 1.12 bits per heavy atom. The minimum atomic E-state index is -1.85. The van der Waals surface area contributed by atoms with Gasteiger partial charge in [0.1, 0.15) is 30.2 Å². The lowest BCUT2D eigenvalue weighted by atomic mass is 9.90. The Balaban J connectivity index is 1.55. The molecular formula is C25H26F2O4S. The number of halogens is 2. The number of hydrogen-bond acceptors (Lipinski definition) is 5. The fourth-order valence-corrected chi connectivity index (χ4v) is 5.09. The molecule has 32 heavy (non-hydrogen) atoms. The van der Waals surface area contributed by atoms with Gasteiger partial charge < -0.3 is 20.1 Å². The molecule has 1 saturated heterocycles. The summed E-state index contributed by atoms with van der Waals surface area (Å²) in [5.74, 6) is -0.260. The Morgan fingerprint density at radius 2 is 1.94 bits per heavy atom. The highest BCUT2D eigenvalue weighted by molar-refractivity contribution is 7.13. The van der Waals surface area contributed by atoms with Gasteiger partial charge in [0.15, 0.2) is 6.17 Å². The first-order valence-electron chi connectivity index (χ1n) is 10.6. The maximum Gasteiger partial charge on any atom is 0.157 e. The topological polar surface area (TPSA) is 69.9 Å². The van der Waals surface area contributed by atoms with Crippen LogP contribution in [0.3, 0.4) is 0 Å². The fourth-order valence-electron chi connectivity index (χ4n) is 4.03. The highest BCUT2D eigenvalue weighted by atomic mass is 32.1. The van der Waals surface area contributed by atoms with E-state index in [0.29, 0.717) is 18.4 Å². The first-order chi connectivity index (χ1) is 15.4. The van der Waals surface area contributed by atoms with Gasteiger partial charge in [-0.3, -0.25) is 0 Å². The Kier molecular flexibility index (Phi) is 7.02.